The van der Waals surface area contributed by atoms with E-state index in [1.807, 2.05) is 13.8 Å². The molecule has 6 nitrogen and oxygen atoms in total. The lowest BCUT2D eigenvalue weighted by molar-refractivity contribution is 0.0940. The molecule has 0 aliphatic heterocycles. The second-order valence-electron chi connectivity index (χ2n) is 4.56. The highest BCUT2D eigenvalue weighted by Gasteiger charge is 2.13. The number of nitrogen functional groups attached to an aromatic ring is 1. The first-order valence-corrected chi connectivity index (χ1v) is 6.41. The van der Waals surface area contributed by atoms with Gasteiger partial charge in [-0.1, -0.05) is 0 Å². The molecule has 106 valence electrons. The van der Waals surface area contributed by atoms with Crippen LogP contribution in [0.3, 0.4) is 0 Å². The lowest BCUT2D eigenvalue weighted by Gasteiger charge is -2.08. The molecule has 0 saturated carbocycles. The van der Waals surface area contributed by atoms with Gasteiger partial charge in [0.25, 0.3) is 5.91 Å². The Kier molecular flexibility index (Phi) is 3.93. The minimum Gasteiger partial charge on any atom is -0.508 e. The van der Waals surface area contributed by atoms with Crippen LogP contribution < -0.4 is 11.1 Å². The quantitative estimate of drug-likeness (QED) is 0.581. The third-order valence-corrected chi connectivity index (χ3v) is 2.98. The molecule has 0 aliphatic rings. The Morgan fingerprint density at radius 2 is 2.20 bits per heavy atom. The van der Waals surface area contributed by atoms with Crippen molar-refractivity contribution in [2.75, 3.05) is 5.73 Å². The van der Waals surface area contributed by atoms with Crippen LogP contribution in [-0.4, -0.2) is 20.8 Å². The summed E-state index contributed by atoms with van der Waals surface area (Å²) in [5.74, 6) is -0.117. The van der Waals surface area contributed by atoms with Crippen LogP contribution in [0.4, 0.5) is 5.69 Å². The fraction of sp³-hybridized carbons (Fsp3) is 0.286. The van der Waals surface area contributed by atoms with Gasteiger partial charge >= 0.3 is 0 Å². The van der Waals surface area contributed by atoms with Crippen LogP contribution in [0.15, 0.2) is 24.3 Å². The first kappa shape index (κ1) is 13.9. The number of rotatable bonds is 4. The zero-order valence-corrected chi connectivity index (χ0v) is 11.6. The number of phenols is 1. The van der Waals surface area contributed by atoms with Crippen molar-refractivity contribution in [3.05, 3.63) is 41.2 Å². The lowest BCUT2D eigenvalue weighted by Crippen LogP contribution is -2.25. The predicted molar refractivity (Wildman–Crippen MR) is 76.3 cm³/mol. The molecule has 1 aromatic heterocycles. The van der Waals surface area contributed by atoms with E-state index in [2.05, 4.69) is 10.4 Å². The molecular formula is C14H18N4O2. The number of benzene rings is 1. The summed E-state index contributed by atoms with van der Waals surface area (Å²) in [4.78, 5) is 12.1. The van der Waals surface area contributed by atoms with E-state index >= 15 is 0 Å². The molecule has 0 aliphatic carbocycles. The molecule has 0 spiro atoms. The molecule has 0 fully saturated rings. The maximum Gasteiger partial charge on any atom is 0.269 e. The third kappa shape index (κ3) is 2.90. The molecule has 2 rings (SSSR count). The molecule has 1 aromatic carbocycles. The van der Waals surface area contributed by atoms with Crippen molar-refractivity contribution in [2.24, 2.45) is 0 Å². The summed E-state index contributed by atoms with van der Waals surface area (Å²) in [7, 11) is 0. The van der Waals surface area contributed by atoms with Gasteiger partial charge in [-0.3, -0.25) is 9.48 Å². The summed E-state index contributed by atoms with van der Waals surface area (Å²) >= 11 is 0. The van der Waals surface area contributed by atoms with Crippen molar-refractivity contribution in [1.29, 1.82) is 0 Å². The van der Waals surface area contributed by atoms with Gasteiger partial charge in [-0.2, -0.15) is 5.10 Å². The summed E-state index contributed by atoms with van der Waals surface area (Å²) in [6.45, 7) is 4.60. The van der Waals surface area contributed by atoms with Crippen LogP contribution in [-0.2, 0) is 13.1 Å². The normalized spacial score (nSPS) is 10.5. The number of amides is 1. The summed E-state index contributed by atoms with van der Waals surface area (Å²) in [5.41, 5.74) is 8.08. The Balaban J connectivity index is 2.10. The highest BCUT2D eigenvalue weighted by molar-refractivity contribution is 5.92. The molecule has 2 aromatic rings. The number of carbonyl (C=O) groups is 1. The third-order valence-electron chi connectivity index (χ3n) is 2.98. The van der Waals surface area contributed by atoms with Crippen LogP contribution in [0.1, 0.15) is 28.7 Å². The molecule has 0 radical (unpaired) electrons. The number of aryl methyl sites for hydroxylation is 2. The molecule has 1 amide bonds. The van der Waals surface area contributed by atoms with E-state index in [0.717, 1.165) is 5.69 Å². The van der Waals surface area contributed by atoms with Crippen molar-refractivity contribution < 1.29 is 9.90 Å². The fourth-order valence-electron chi connectivity index (χ4n) is 1.98. The van der Waals surface area contributed by atoms with Gasteiger partial charge in [-0.25, -0.2) is 0 Å². The summed E-state index contributed by atoms with van der Waals surface area (Å²) in [5, 5.41) is 16.7. The van der Waals surface area contributed by atoms with Crippen molar-refractivity contribution in [3.8, 4) is 5.75 Å². The smallest absolute Gasteiger partial charge is 0.269 e. The monoisotopic (exact) mass is 274 g/mol. The highest BCUT2D eigenvalue weighted by Crippen LogP contribution is 2.19. The van der Waals surface area contributed by atoms with E-state index in [4.69, 9.17) is 5.73 Å². The highest BCUT2D eigenvalue weighted by atomic mass is 16.3. The number of anilines is 1. The molecule has 0 saturated heterocycles. The van der Waals surface area contributed by atoms with Crippen molar-refractivity contribution in [2.45, 2.75) is 26.9 Å². The Morgan fingerprint density at radius 3 is 2.90 bits per heavy atom. The van der Waals surface area contributed by atoms with Gasteiger partial charge in [0.1, 0.15) is 11.4 Å². The molecule has 0 atom stereocenters. The molecule has 0 bridgehead atoms. The molecule has 1 heterocycles. The van der Waals surface area contributed by atoms with Gasteiger partial charge in [0.05, 0.1) is 5.69 Å². The second-order valence-corrected chi connectivity index (χ2v) is 4.56. The Morgan fingerprint density at radius 1 is 1.45 bits per heavy atom. The number of nitrogens with zero attached hydrogens (tertiary/aromatic N) is 2. The largest absolute Gasteiger partial charge is 0.508 e. The number of nitrogens with two attached hydrogens (primary N) is 1. The molecule has 6 heteroatoms. The molecular weight excluding hydrogens is 256 g/mol. The second kappa shape index (κ2) is 5.64. The zero-order valence-electron chi connectivity index (χ0n) is 11.6. The van der Waals surface area contributed by atoms with Crippen LogP contribution in [0.5, 0.6) is 5.75 Å². The van der Waals surface area contributed by atoms with E-state index in [1.54, 1.807) is 22.9 Å². The molecule has 0 unspecified atom stereocenters. The zero-order chi connectivity index (χ0) is 14.7. The maximum atomic E-state index is 12.1. The van der Waals surface area contributed by atoms with E-state index in [1.165, 1.54) is 6.07 Å². The van der Waals surface area contributed by atoms with E-state index in [-0.39, 0.29) is 18.2 Å². The van der Waals surface area contributed by atoms with Gasteiger partial charge < -0.3 is 16.2 Å². The summed E-state index contributed by atoms with van der Waals surface area (Å²) in [6, 6.07) is 6.49. The number of phenolic OH excluding ortho intramolecular Hbond substituents is 1. The number of aromatic nitrogens is 2. The van der Waals surface area contributed by atoms with Crippen LogP contribution in [0.25, 0.3) is 0 Å². The average molecular weight is 274 g/mol. The van der Waals surface area contributed by atoms with Crippen molar-refractivity contribution >= 4 is 11.6 Å². The van der Waals surface area contributed by atoms with Gasteiger partial charge in [0, 0.05) is 24.3 Å². The minimum absolute atomic E-state index is 0.111. The average Bonchev–Trinajstić information content (AvgIpc) is 2.80. The first-order chi connectivity index (χ1) is 9.51. The standard InChI is InChI=1S/C14H18N4O2/c1-3-18-12(6-9(2)17-18)14(20)16-8-10-7-11(15)4-5-13(10)19/h4-7,19H,3,8,15H2,1-2H3,(H,16,20). The Hall–Kier alpha value is -2.50. The van der Waals surface area contributed by atoms with Crippen LogP contribution in [0, 0.1) is 6.92 Å². The topological polar surface area (TPSA) is 93.2 Å². The summed E-state index contributed by atoms with van der Waals surface area (Å²) < 4.78 is 1.64. The van der Waals surface area contributed by atoms with E-state index in [0.29, 0.717) is 23.5 Å². The number of hydrogen-bond acceptors (Lipinski definition) is 4. The van der Waals surface area contributed by atoms with Gasteiger partial charge in [-0.05, 0) is 38.1 Å². The van der Waals surface area contributed by atoms with Crippen LogP contribution in [0.2, 0.25) is 0 Å². The number of carbonyl (C=O) groups excluding carboxylic acids is 1. The SMILES string of the molecule is CCn1nc(C)cc1C(=O)NCc1cc(N)ccc1O. The van der Waals surface area contributed by atoms with E-state index < -0.39 is 0 Å². The van der Waals surface area contributed by atoms with Crippen molar-refractivity contribution in [3.63, 3.8) is 0 Å². The Labute approximate surface area is 117 Å². The fourth-order valence-corrected chi connectivity index (χ4v) is 1.98. The summed E-state index contributed by atoms with van der Waals surface area (Å²) in [6.07, 6.45) is 0. The molecule has 20 heavy (non-hydrogen) atoms. The van der Waals surface area contributed by atoms with Gasteiger partial charge in [0.2, 0.25) is 0 Å². The Bertz CT molecular complexity index is 634. The van der Waals surface area contributed by atoms with Crippen molar-refractivity contribution in [1.82, 2.24) is 15.1 Å². The van der Waals surface area contributed by atoms with E-state index in [9.17, 15) is 9.90 Å². The maximum absolute atomic E-state index is 12.1. The lowest BCUT2D eigenvalue weighted by atomic mass is 10.1. The number of nitrogens with one attached hydrogen (secondary N) is 1. The number of hydrogen-bond donors (Lipinski definition) is 3. The first-order valence-electron chi connectivity index (χ1n) is 6.41. The minimum atomic E-state index is -0.228. The predicted octanol–water partition coefficient (Wildman–Crippen LogP) is 1.43. The number of aromatic hydroxyl groups is 1. The van der Waals surface area contributed by atoms with Gasteiger partial charge in [0.15, 0.2) is 0 Å². The van der Waals surface area contributed by atoms with Crippen LogP contribution >= 0.6 is 0 Å². The molecule has 4 N–H and O–H groups in total. The van der Waals surface area contributed by atoms with Gasteiger partial charge in [-0.15, -0.1) is 0 Å².